The SMILES string of the molecule is O=C([O-])/C=C\C(=O)[O-].O=C([O-])/C=C\C(=O)[O-].[Ce+4]. The van der Waals surface area contributed by atoms with Crippen LogP contribution in [0.5, 0.6) is 0 Å². The minimum Gasteiger partial charge on any atom is -0.545 e. The van der Waals surface area contributed by atoms with Gasteiger partial charge in [-0.1, -0.05) is 0 Å². The van der Waals surface area contributed by atoms with Crippen LogP contribution in [-0.2, 0) is 19.2 Å². The van der Waals surface area contributed by atoms with Gasteiger partial charge in [-0.25, -0.2) is 0 Å². The Balaban J connectivity index is -0.000000218. The summed E-state index contributed by atoms with van der Waals surface area (Å²) in [5.41, 5.74) is 0. The maximum Gasteiger partial charge on any atom is 4.00 e. The molecule has 0 aliphatic heterocycles. The van der Waals surface area contributed by atoms with Crippen LogP contribution in [0.4, 0.5) is 0 Å². The molecule has 9 heteroatoms. The van der Waals surface area contributed by atoms with E-state index in [1.54, 1.807) is 0 Å². The predicted molar refractivity (Wildman–Crippen MR) is 38.3 cm³/mol. The Kier molecular flexibility index (Phi) is 15.9. The molecule has 0 aromatic carbocycles. The second-order valence-corrected chi connectivity index (χ2v) is 1.94. The van der Waals surface area contributed by atoms with Crippen LogP contribution in [0, 0.1) is 41.7 Å². The largest absolute Gasteiger partial charge is 4.00 e. The molecule has 0 fully saturated rings. The Morgan fingerprint density at radius 2 is 0.647 bits per heavy atom. The monoisotopic (exact) mass is 368 g/mol. The van der Waals surface area contributed by atoms with Crippen molar-refractivity contribution in [3.63, 3.8) is 0 Å². The molecule has 88 valence electrons. The fraction of sp³-hybridized carbons (Fsp3) is 0. The van der Waals surface area contributed by atoms with Crippen LogP contribution in [0.1, 0.15) is 0 Å². The number of carboxylic acids is 4. The minimum absolute atomic E-state index is 0. The van der Waals surface area contributed by atoms with Gasteiger partial charge in [0.25, 0.3) is 0 Å². The van der Waals surface area contributed by atoms with Gasteiger partial charge in [-0.05, 0) is 24.3 Å². The van der Waals surface area contributed by atoms with Crippen molar-refractivity contribution in [3.05, 3.63) is 24.3 Å². The average Bonchev–Trinajstić information content (AvgIpc) is 2.12. The fourth-order valence-corrected chi connectivity index (χ4v) is 0.272. The van der Waals surface area contributed by atoms with Gasteiger partial charge >= 0.3 is 41.7 Å². The summed E-state index contributed by atoms with van der Waals surface area (Å²) in [6.45, 7) is 0. The average molecular weight is 368 g/mol. The van der Waals surface area contributed by atoms with E-state index in [9.17, 15) is 39.6 Å². The van der Waals surface area contributed by atoms with Crippen molar-refractivity contribution in [3.8, 4) is 0 Å². The van der Waals surface area contributed by atoms with E-state index < -0.39 is 23.9 Å². The third kappa shape index (κ3) is 31.3. The number of rotatable bonds is 4. The Hall–Kier alpha value is -1.26. The molecule has 0 bridgehead atoms. The number of carboxylic acid groups (broad SMARTS) is 4. The zero-order chi connectivity index (χ0) is 13.1. The van der Waals surface area contributed by atoms with Crippen LogP contribution in [-0.4, -0.2) is 23.9 Å². The molecular formula is C8H4CeO8. The second kappa shape index (κ2) is 12.8. The molecule has 0 saturated heterocycles. The molecule has 0 spiro atoms. The third-order valence-corrected chi connectivity index (χ3v) is 0.711. The third-order valence-electron chi connectivity index (χ3n) is 0.711. The molecule has 0 unspecified atom stereocenters. The van der Waals surface area contributed by atoms with Crippen LogP contribution in [0.2, 0.25) is 0 Å². The van der Waals surface area contributed by atoms with Gasteiger partial charge in [0.2, 0.25) is 0 Å². The van der Waals surface area contributed by atoms with Crippen LogP contribution in [0.15, 0.2) is 24.3 Å². The van der Waals surface area contributed by atoms with E-state index in [0.29, 0.717) is 24.3 Å². The molecule has 0 aromatic rings. The summed E-state index contributed by atoms with van der Waals surface area (Å²) in [5.74, 6) is -6.19. The Bertz CT molecular complexity index is 277. The number of carbonyl (C=O) groups is 4. The van der Waals surface area contributed by atoms with Gasteiger partial charge in [0.05, 0.1) is 23.9 Å². The molecule has 0 aliphatic rings. The molecule has 0 N–H and O–H groups in total. The van der Waals surface area contributed by atoms with Crippen molar-refractivity contribution < 1.29 is 81.4 Å². The number of carbonyl (C=O) groups excluding carboxylic acids is 4. The van der Waals surface area contributed by atoms with E-state index in [1.165, 1.54) is 0 Å². The van der Waals surface area contributed by atoms with Crippen molar-refractivity contribution in [1.29, 1.82) is 0 Å². The first-order valence-corrected chi connectivity index (χ1v) is 3.45. The van der Waals surface area contributed by atoms with Gasteiger partial charge < -0.3 is 39.6 Å². The molecule has 0 atom stereocenters. The van der Waals surface area contributed by atoms with Gasteiger partial charge in [-0.2, -0.15) is 0 Å². The minimum atomic E-state index is -1.55. The summed E-state index contributed by atoms with van der Waals surface area (Å²) < 4.78 is 0. The van der Waals surface area contributed by atoms with E-state index >= 15 is 0 Å². The molecule has 0 aromatic heterocycles. The molecule has 8 nitrogen and oxygen atoms in total. The molecule has 0 heterocycles. The number of aliphatic carboxylic acids is 4. The second-order valence-electron chi connectivity index (χ2n) is 1.94. The maximum atomic E-state index is 9.41. The zero-order valence-electron chi connectivity index (χ0n) is 8.08. The van der Waals surface area contributed by atoms with Crippen LogP contribution in [0.25, 0.3) is 0 Å². The summed E-state index contributed by atoms with van der Waals surface area (Å²) in [6.07, 6.45) is 1.54. The van der Waals surface area contributed by atoms with E-state index in [-0.39, 0.29) is 41.7 Å². The number of hydrogen-bond acceptors (Lipinski definition) is 8. The summed E-state index contributed by atoms with van der Waals surface area (Å²) in [5, 5.41) is 37.7. The van der Waals surface area contributed by atoms with Crippen LogP contribution >= 0.6 is 0 Å². The first kappa shape index (κ1) is 21.1. The Morgan fingerprint density at radius 3 is 0.706 bits per heavy atom. The first-order chi connectivity index (χ1) is 7.25. The summed E-state index contributed by atoms with van der Waals surface area (Å²) in [6, 6.07) is 0. The van der Waals surface area contributed by atoms with Gasteiger partial charge in [0, 0.05) is 0 Å². The van der Waals surface area contributed by atoms with E-state index in [4.69, 9.17) is 0 Å². The molecule has 0 rings (SSSR count). The van der Waals surface area contributed by atoms with E-state index in [0.717, 1.165) is 0 Å². The van der Waals surface area contributed by atoms with Crippen molar-refractivity contribution >= 4 is 23.9 Å². The topological polar surface area (TPSA) is 161 Å². The summed E-state index contributed by atoms with van der Waals surface area (Å²) in [4.78, 5) is 37.7. The number of hydrogen-bond donors (Lipinski definition) is 0. The molecule has 0 saturated carbocycles. The van der Waals surface area contributed by atoms with Gasteiger partial charge in [0.1, 0.15) is 0 Å². The van der Waals surface area contributed by atoms with Crippen molar-refractivity contribution in [2.24, 2.45) is 0 Å². The Labute approximate surface area is 129 Å². The van der Waals surface area contributed by atoms with Gasteiger partial charge in [0.15, 0.2) is 0 Å². The first-order valence-electron chi connectivity index (χ1n) is 3.45. The summed E-state index contributed by atoms with van der Waals surface area (Å²) in [7, 11) is 0. The van der Waals surface area contributed by atoms with Gasteiger partial charge in [-0.3, -0.25) is 0 Å². The molecule has 0 amide bonds. The molecule has 17 heavy (non-hydrogen) atoms. The molecular weight excluding hydrogens is 364 g/mol. The molecule has 0 aliphatic carbocycles. The van der Waals surface area contributed by atoms with Crippen molar-refractivity contribution in [2.45, 2.75) is 0 Å². The quantitative estimate of drug-likeness (QED) is 0.443. The van der Waals surface area contributed by atoms with Gasteiger partial charge in [-0.15, -0.1) is 0 Å². The summed E-state index contributed by atoms with van der Waals surface area (Å²) >= 11 is 0. The standard InChI is InChI=1S/2C4H4O4.Ce/c2*5-3(6)1-2-4(7)8;/h2*1-2H,(H,5,6)(H,7,8);/q;;+4/p-4/b2*2-1-;. The van der Waals surface area contributed by atoms with Crippen LogP contribution < -0.4 is 20.4 Å². The maximum absolute atomic E-state index is 9.41. The van der Waals surface area contributed by atoms with E-state index in [1.807, 2.05) is 0 Å². The molecule has 0 radical (unpaired) electrons. The zero-order valence-corrected chi connectivity index (χ0v) is 11.2. The Morgan fingerprint density at radius 1 is 0.529 bits per heavy atom. The van der Waals surface area contributed by atoms with Crippen LogP contribution in [0.3, 0.4) is 0 Å². The smallest absolute Gasteiger partial charge is 0.545 e. The van der Waals surface area contributed by atoms with E-state index in [2.05, 4.69) is 0 Å². The van der Waals surface area contributed by atoms with Crippen molar-refractivity contribution in [2.75, 3.05) is 0 Å². The fourth-order valence-electron chi connectivity index (χ4n) is 0.272. The predicted octanol–water partition coefficient (Wildman–Crippen LogP) is -5.92. The normalized spacial score (nSPS) is 8.94. The van der Waals surface area contributed by atoms with Crippen molar-refractivity contribution in [1.82, 2.24) is 0 Å².